The van der Waals surface area contributed by atoms with E-state index in [2.05, 4.69) is 26.0 Å². The Hall–Kier alpha value is -1.89. The molecule has 6 nitrogen and oxygen atoms in total. The number of pyridine rings is 1. The highest BCUT2D eigenvalue weighted by atomic mass is 79.9. The van der Waals surface area contributed by atoms with Crippen LogP contribution in [-0.4, -0.2) is 39.7 Å². The Labute approximate surface area is 119 Å². The van der Waals surface area contributed by atoms with Crippen LogP contribution in [0.15, 0.2) is 22.9 Å². The molecule has 1 amide bonds. The first kappa shape index (κ1) is 13.5. The number of hydrogen-bond donors (Lipinski definition) is 1. The molecule has 2 aromatic rings. The number of hydrogen-bond acceptors (Lipinski definition) is 4. The lowest BCUT2D eigenvalue weighted by molar-refractivity contribution is 0.0821. The number of nitrogen functional groups attached to an aromatic ring is 1. The van der Waals surface area contributed by atoms with Gasteiger partial charge >= 0.3 is 0 Å². The molecule has 2 heterocycles. The first-order valence-corrected chi connectivity index (χ1v) is 6.39. The van der Waals surface area contributed by atoms with Crippen molar-refractivity contribution >= 4 is 27.5 Å². The van der Waals surface area contributed by atoms with Gasteiger partial charge in [0.1, 0.15) is 0 Å². The zero-order chi connectivity index (χ0) is 14.2. The van der Waals surface area contributed by atoms with Gasteiger partial charge in [-0.2, -0.15) is 5.10 Å². The van der Waals surface area contributed by atoms with E-state index in [1.165, 1.54) is 4.90 Å². The van der Waals surface area contributed by atoms with Crippen LogP contribution in [0.5, 0.6) is 0 Å². The summed E-state index contributed by atoms with van der Waals surface area (Å²) >= 11 is 3.44. The van der Waals surface area contributed by atoms with E-state index in [0.29, 0.717) is 17.2 Å². The van der Waals surface area contributed by atoms with Crippen LogP contribution in [0.25, 0.3) is 5.82 Å². The Bertz CT molecular complexity index is 635. The SMILES string of the molecule is Cc1c(N)cnc(-n2ccc(C(=O)N(C)C)n2)c1Br. The van der Waals surface area contributed by atoms with Gasteiger partial charge in [0.25, 0.3) is 5.91 Å². The molecule has 0 aliphatic carbocycles. The molecule has 100 valence electrons. The lowest BCUT2D eigenvalue weighted by atomic mass is 10.2. The summed E-state index contributed by atoms with van der Waals surface area (Å²) < 4.78 is 2.31. The normalized spacial score (nSPS) is 10.5. The maximum atomic E-state index is 11.8. The van der Waals surface area contributed by atoms with E-state index in [4.69, 9.17) is 5.73 Å². The summed E-state index contributed by atoms with van der Waals surface area (Å²) in [5.74, 6) is 0.451. The van der Waals surface area contributed by atoms with Gasteiger partial charge in [0.05, 0.1) is 16.4 Å². The van der Waals surface area contributed by atoms with Crippen molar-refractivity contribution in [2.24, 2.45) is 0 Å². The van der Waals surface area contributed by atoms with Gasteiger partial charge in [-0.3, -0.25) is 4.79 Å². The molecule has 19 heavy (non-hydrogen) atoms. The summed E-state index contributed by atoms with van der Waals surface area (Å²) in [5.41, 5.74) is 7.64. The highest BCUT2D eigenvalue weighted by Gasteiger charge is 2.15. The van der Waals surface area contributed by atoms with Crippen LogP contribution in [-0.2, 0) is 0 Å². The highest BCUT2D eigenvalue weighted by Crippen LogP contribution is 2.26. The summed E-state index contributed by atoms with van der Waals surface area (Å²) in [6, 6.07) is 1.65. The van der Waals surface area contributed by atoms with Gasteiger partial charge in [-0.15, -0.1) is 0 Å². The van der Waals surface area contributed by atoms with E-state index >= 15 is 0 Å². The standard InChI is InChI=1S/C12H14BrN5O/c1-7-8(14)6-15-11(10(7)13)18-5-4-9(16-18)12(19)17(2)3/h4-6H,14H2,1-3H3. The average Bonchev–Trinajstić information content (AvgIpc) is 2.84. The second-order valence-electron chi connectivity index (χ2n) is 4.32. The van der Waals surface area contributed by atoms with Crippen molar-refractivity contribution in [3.05, 3.63) is 34.2 Å². The van der Waals surface area contributed by atoms with E-state index in [1.54, 1.807) is 37.2 Å². The molecule has 0 saturated carbocycles. The minimum Gasteiger partial charge on any atom is -0.397 e. The minimum absolute atomic E-state index is 0.151. The van der Waals surface area contributed by atoms with E-state index in [-0.39, 0.29) is 5.91 Å². The summed E-state index contributed by atoms with van der Waals surface area (Å²) in [6.07, 6.45) is 3.27. The summed E-state index contributed by atoms with van der Waals surface area (Å²) in [5, 5.41) is 4.23. The topological polar surface area (TPSA) is 77.0 Å². The summed E-state index contributed by atoms with van der Waals surface area (Å²) in [6.45, 7) is 1.89. The molecular weight excluding hydrogens is 310 g/mol. The van der Waals surface area contributed by atoms with Crippen molar-refractivity contribution in [3.63, 3.8) is 0 Å². The first-order chi connectivity index (χ1) is 8.91. The highest BCUT2D eigenvalue weighted by molar-refractivity contribution is 9.10. The largest absolute Gasteiger partial charge is 0.397 e. The molecular formula is C12H14BrN5O. The number of anilines is 1. The Kier molecular flexibility index (Phi) is 3.57. The molecule has 0 aromatic carbocycles. The molecule has 0 spiro atoms. The fourth-order valence-electron chi connectivity index (χ4n) is 1.52. The van der Waals surface area contributed by atoms with E-state index in [1.807, 2.05) is 6.92 Å². The van der Waals surface area contributed by atoms with Gasteiger partial charge in [0.2, 0.25) is 0 Å². The number of nitrogens with two attached hydrogens (primary N) is 1. The zero-order valence-electron chi connectivity index (χ0n) is 10.9. The van der Waals surface area contributed by atoms with Gasteiger partial charge in [-0.05, 0) is 34.5 Å². The third kappa shape index (κ3) is 2.46. The van der Waals surface area contributed by atoms with Crippen molar-refractivity contribution in [2.75, 3.05) is 19.8 Å². The van der Waals surface area contributed by atoms with Gasteiger partial charge < -0.3 is 10.6 Å². The van der Waals surface area contributed by atoms with Crippen molar-refractivity contribution in [1.82, 2.24) is 19.7 Å². The zero-order valence-corrected chi connectivity index (χ0v) is 12.5. The Morgan fingerprint density at radius 2 is 2.16 bits per heavy atom. The number of nitrogens with zero attached hydrogens (tertiary/aromatic N) is 4. The Morgan fingerprint density at radius 3 is 2.79 bits per heavy atom. The fourth-order valence-corrected chi connectivity index (χ4v) is 2.04. The molecule has 2 N–H and O–H groups in total. The molecule has 0 bridgehead atoms. The van der Waals surface area contributed by atoms with E-state index in [9.17, 15) is 4.79 Å². The number of aromatic nitrogens is 3. The lowest BCUT2D eigenvalue weighted by Crippen LogP contribution is -2.22. The van der Waals surface area contributed by atoms with Crippen LogP contribution >= 0.6 is 15.9 Å². The van der Waals surface area contributed by atoms with Crippen molar-refractivity contribution in [3.8, 4) is 5.82 Å². The van der Waals surface area contributed by atoms with Gasteiger partial charge in [-0.1, -0.05) is 0 Å². The molecule has 0 unspecified atom stereocenters. The molecule has 0 atom stereocenters. The lowest BCUT2D eigenvalue weighted by Gasteiger charge is -2.09. The van der Waals surface area contributed by atoms with Crippen LogP contribution in [0, 0.1) is 6.92 Å². The van der Waals surface area contributed by atoms with Crippen molar-refractivity contribution in [2.45, 2.75) is 6.92 Å². The van der Waals surface area contributed by atoms with E-state index in [0.717, 1.165) is 10.0 Å². The van der Waals surface area contributed by atoms with Crippen LogP contribution in [0.1, 0.15) is 16.1 Å². The van der Waals surface area contributed by atoms with Crippen LogP contribution in [0.3, 0.4) is 0 Å². The monoisotopic (exact) mass is 323 g/mol. The van der Waals surface area contributed by atoms with Crippen molar-refractivity contribution < 1.29 is 4.79 Å². The maximum absolute atomic E-state index is 11.8. The quantitative estimate of drug-likeness (QED) is 0.911. The number of rotatable bonds is 2. The Balaban J connectivity index is 2.44. The predicted octanol–water partition coefficient (Wildman–Crippen LogP) is 1.62. The van der Waals surface area contributed by atoms with Crippen LogP contribution in [0.4, 0.5) is 5.69 Å². The molecule has 2 aromatic heterocycles. The van der Waals surface area contributed by atoms with Gasteiger partial charge in [-0.25, -0.2) is 9.67 Å². The van der Waals surface area contributed by atoms with Gasteiger partial charge in [0, 0.05) is 20.3 Å². The Morgan fingerprint density at radius 1 is 1.47 bits per heavy atom. The minimum atomic E-state index is -0.151. The molecule has 0 aliphatic rings. The third-order valence-electron chi connectivity index (χ3n) is 2.72. The molecule has 7 heteroatoms. The van der Waals surface area contributed by atoms with E-state index < -0.39 is 0 Å². The van der Waals surface area contributed by atoms with Crippen LogP contribution < -0.4 is 5.73 Å². The maximum Gasteiger partial charge on any atom is 0.273 e. The predicted molar refractivity (Wildman–Crippen MR) is 76.2 cm³/mol. The molecule has 0 fully saturated rings. The molecule has 2 rings (SSSR count). The first-order valence-electron chi connectivity index (χ1n) is 5.60. The number of amides is 1. The second-order valence-corrected chi connectivity index (χ2v) is 5.11. The fraction of sp³-hybridized carbons (Fsp3) is 0.250. The van der Waals surface area contributed by atoms with Crippen LogP contribution in [0.2, 0.25) is 0 Å². The molecule has 0 aliphatic heterocycles. The molecule has 0 saturated heterocycles. The smallest absolute Gasteiger partial charge is 0.273 e. The number of carbonyl (C=O) groups excluding carboxylic acids is 1. The summed E-state index contributed by atoms with van der Waals surface area (Å²) in [4.78, 5) is 17.5. The second kappa shape index (κ2) is 5.00. The third-order valence-corrected chi connectivity index (χ3v) is 3.67. The number of carbonyl (C=O) groups is 1. The molecule has 0 radical (unpaired) electrons. The number of halogens is 1. The summed E-state index contributed by atoms with van der Waals surface area (Å²) in [7, 11) is 3.37. The average molecular weight is 324 g/mol. The van der Waals surface area contributed by atoms with Gasteiger partial charge in [0.15, 0.2) is 11.5 Å². The van der Waals surface area contributed by atoms with Crippen molar-refractivity contribution in [1.29, 1.82) is 0 Å².